The van der Waals surface area contributed by atoms with E-state index in [-0.39, 0.29) is 12.5 Å². The second kappa shape index (κ2) is 17.8. The van der Waals surface area contributed by atoms with E-state index >= 15 is 0 Å². The van der Waals surface area contributed by atoms with Crippen LogP contribution in [-0.4, -0.2) is 92.0 Å². The average molecular weight is 310 g/mol. The van der Waals surface area contributed by atoms with Crippen LogP contribution in [0.3, 0.4) is 0 Å². The van der Waals surface area contributed by atoms with Crippen LogP contribution in [0, 0.1) is 5.92 Å². The van der Waals surface area contributed by atoms with Crippen molar-refractivity contribution in [2.45, 2.75) is 0 Å². The van der Waals surface area contributed by atoms with Gasteiger partial charge in [0.1, 0.15) is 0 Å². The van der Waals surface area contributed by atoms with Crippen molar-refractivity contribution < 1.29 is 33.5 Å². The van der Waals surface area contributed by atoms with Crippen molar-refractivity contribution in [2.75, 3.05) is 86.9 Å². The fourth-order valence-electron chi connectivity index (χ4n) is 1.38. The molecule has 1 N–H and O–H groups in total. The zero-order chi connectivity index (χ0) is 15.6. The Labute approximate surface area is 127 Å². The lowest BCUT2D eigenvalue weighted by Crippen LogP contribution is -2.22. The number of hydrogen-bond acceptors (Lipinski definition) is 7. The van der Waals surface area contributed by atoms with Gasteiger partial charge in [-0.05, 0) is 0 Å². The lowest BCUT2D eigenvalue weighted by Gasteiger charge is -2.15. The molecule has 7 heteroatoms. The quantitative estimate of drug-likeness (QED) is 0.378. The molecule has 0 aliphatic carbocycles. The van der Waals surface area contributed by atoms with Crippen LogP contribution in [-0.2, 0) is 28.4 Å². The fourth-order valence-corrected chi connectivity index (χ4v) is 1.38. The maximum Gasteiger partial charge on any atom is 0.0701 e. The standard InChI is InChI=1S/C14H30O7/c1-16-3-5-18-7-9-20-12-14(11-15)13-21-10-8-19-6-4-17-2/h14-15H,3-13H2,1-2H3. The fraction of sp³-hybridized carbons (Fsp3) is 1.00. The second-order valence-corrected chi connectivity index (χ2v) is 4.41. The van der Waals surface area contributed by atoms with E-state index < -0.39 is 0 Å². The van der Waals surface area contributed by atoms with Gasteiger partial charge in [0, 0.05) is 20.1 Å². The maximum absolute atomic E-state index is 9.22. The second-order valence-electron chi connectivity index (χ2n) is 4.41. The molecule has 0 aromatic carbocycles. The molecule has 0 fully saturated rings. The molecule has 0 spiro atoms. The van der Waals surface area contributed by atoms with Crippen molar-refractivity contribution in [1.29, 1.82) is 0 Å². The molecular formula is C14H30O7. The van der Waals surface area contributed by atoms with E-state index in [9.17, 15) is 5.11 Å². The first kappa shape index (κ1) is 20.7. The van der Waals surface area contributed by atoms with Gasteiger partial charge in [0.2, 0.25) is 0 Å². The number of rotatable bonds is 17. The van der Waals surface area contributed by atoms with Crippen LogP contribution in [0.4, 0.5) is 0 Å². The van der Waals surface area contributed by atoms with Crippen LogP contribution in [0.1, 0.15) is 0 Å². The molecule has 0 bridgehead atoms. The van der Waals surface area contributed by atoms with Crippen molar-refractivity contribution in [3.8, 4) is 0 Å². The van der Waals surface area contributed by atoms with Gasteiger partial charge in [-0.2, -0.15) is 0 Å². The number of ether oxygens (including phenoxy) is 6. The lowest BCUT2D eigenvalue weighted by molar-refractivity contribution is -0.0236. The molecule has 0 unspecified atom stereocenters. The van der Waals surface area contributed by atoms with E-state index in [4.69, 9.17) is 28.4 Å². The Hall–Kier alpha value is -0.280. The number of hydrogen-bond donors (Lipinski definition) is 1. The summed E-state index contributed by atoms with van der Waals surface area (Å²) in [7, 11) is 3.27. The van der Waals surface area contributed by atoms with Gasteiger partial charge < -0.3 is 33.5 Å². The van der Waals surface area contributed by atoms with Crippen molar-refractivity contribution in [3.05, 3.63) is 0 Å². The van der Waals surface area contributed by atoms with Gasteiger partial charge in [0.25, 0.3) is 0 Å². The Morgan fingerprint density at radius 3 is 1.38 bits per heavy atom. The average Bonchev–Trinajstić information content (AvgIpc) is 2.51. The third kappa shape index (κ3) is 15.9. The molecule has 0 aromatic heterocycles. The molecule has 21 heavy (non-hydrogen) atoms. The zero-order valence-corrected chi connectivity index (χ0v) is 13.3. The first-order valence-electron chi connectivity index (χ1n) is 7.24. The summed E-state index contributed by atoms with van der Waals surface area (Å²) in [6.45, 7) is 5.29. The smallest absolute Gasteiger partial charge is 0.0701 e. The van der Waals surface area contributed by atoms with Crippen molar-refractivity contribution in [1.82, 2.24) is 0 Å². The Bertz CT molecular complexity index is 174. The summed E-state index contributed by atoms with van der Waals surface area (Å²) in [5.74, 6) is -0.0250. The molecule has 0 aliphatic heterocycles. The Morgan fingerprint density at radius 1 is 0.619 bits per heavy atom. The van der Waals surface area contributed by atoms with E-state index in [0.717, 1.165) is 0 Å². The highest BCUT2D eigenvalue weighted by Gasteiger charge is 2.07. The monoisotopic (exact) mass is 310 g/mol. The van der Waals surface area contributed by atoms with Gasteiger partial charge in [-0.25, -0.2) is 0 Å². The van der Waals surface area contributed by atoms with E-state index in [0.29, 0.717) is 66.1 Å². The minimum atomic E-state index is -0.0250. The first-order valence-corrected chi connectivity index (χ1v) is 7.24. The number of aliphatic hydroxyl groups is 1. The highest BCUT2D eigenvalue weighted by Crippen LogP contribution is 1.98. The lowest BCUT2D eigenvalue weighted by atomic mass is 10.2. The summed E-state index contributed by atoms with van der Waals surface area (Å²) in [6, 6.07) is 0. The third-order valence-corrected chi connectivity index (χ3v) is 2.57. The molecule has 128 valence electrons. The van der Waals surface area contributed by atoms with Gasteiger partial charge in [-0.1, -0.05) is 0 Å². The van der Waals surface area contributed by atoms with Crippen LogP contribution >= 0.6 is 0 Å². The molecule has 0 rings (SSSR count). The van der Waals surface area contributed by atoms with Crippen molar-refractivity contribution >= 4 is 0 Å². The van der Waals surface area contributed by atoms with Gasteiger partial charge in [0.05, 0.1) is 72.7 Å². The van der Waals surface area contributed by atoms with Gasteiger partial charge in [-0.3, -0.25) is 0 Å². The van der Waals surface area contributed by atoms with E-state index in [1.807, 2.05) is 0 Å². The van der Waals surface area contributed by atoms with Crippen LogP contribution in [0.25, 0.3) is 0 Å². The highest BCUT2D eigenvalue weighted by atomic mass is 16.5. The van der Waals surface area contributed by atoms with Gasteiger partial charge in [-0.15, -0.1) is 0 Å². The summed E-state index contributed by atoms with van der Waals surface area (Å²) in [5.41, 5.74) is 0. The Morgan fingerprint density at radius 2 is 1.00 bits per heavy atom. The Kier molecular flexibility index (Phi) is 17.5. The van der Waals surface area contributed by atoms with Gasteiger partial charge >= 0.3 is 0 Å². The molecule has 0 amide bonds. The normalized spacial score (nSPS) is 11.4. The third-order valence-electron chi connectivity index (χ3n) is 2.57. The predicted molar refractivity (Wildman–Crippen MR) is 77.6 cm³/mol. The van der Waals surface area contributed by atoms with Crippen molar-refractivity contribution in [3.63, 3.8) is 0 Å². The van der Waals surface area contributed by atoms with Crippen LogP contribution in [0.5, 0.6) is 0 Å². The van der Waals surface area contributed by atoms with E-state index in [1.165, 1.54) is 0 Å². The highest BCUT2D eigenvalue weighted by molar-refractivity contribution is 4.54. The molecule has 7 nitrogen and oxygen atoms in total. The Balaban J connectivity index is 3.29. The molecule has 0 aromatic rings. The summed E-state index contributed by atoms with van der Waals surface area (Å²) in [5, 5.41) is 9.22. The van der Waals surface area contributed by atoms with Crippen molar-refractivity contribution in [2.24, 2.45) is 5.92 Å². The summed E-state index contributed by atoms with van der Waals surface area (Å²) in [4.78, 5) is 0. The molecule has 0 radical (unpaired) electrons. The van der Waals surface area contributed by atoms with Crippen LogP contribution in [0.15, 0.2) is 0 Å². The predicted octanol–water partition coefficient (Wildman–Crippen LogP) is -0.0459. The first-order chi connectivity index (χ1) is 10.3. The summed E-state index contributed by atoms with van der Waals surface area (Å²) >= 11 is 0. The molecule has 0 saturated heterocycles. The minimum absolute atomic E-state index is 0.0250. The SMILES string of the molecule is COCCOCCOCC(CO)COCCOCCOC. The molecule has 0 atom stereocenters. The number of methoxy groups -OCH3 is 2. The van der Waals surface area contributed by atoms with E-state index in [2.05, 4.69) is 0 Å². The maximum atomic E-state index is 9.22. The minimum Gasteiger partial charge on any atom is -0.396 e. The summed E-state index contributed by atoms with van der Waals surface area (Å²) in [6.07, 6.45) is 0. The van der Waals surface area contributed by atoms with Gasteiger partial charge in [0.15, 0.2) is 0 Å². The van der Waals surface area contributed by atoms with Crippen LogP contribution < -0.4 is 0 Å². The molecule has 0 aliphatic rings. The largest absolute Gasteiger partial charge is 0.396 e. The number of aliphatic hydroxyl groups excluding tert-OH is 1. The molecule has 0 heterocycles. The molecule has 0 saturated carbocycles. The zero-order valence-electron chi connectivity index (χ0n) is 13.3. The van der Waals surface area contributed by atoms with E-state index in [1.54, 1.807) is 14.2 Å². The topological polar surface area (TPSA) is 75.6 Å². The summed E-state index contributed by atoms with van der Waals surface area (Å²) < 4.78 is 31.1. The molecular weight excluding hydrogens is 280 g/mol. The van der Waals surface area contributed by atoms with Crippen LogP contribution in [0.2, 0.25) is 0 Å².